The molecule has 0 N–H and O–H groups in total. The van der Waals surface area contributed by atoms with Crippen molar-refractivity contribution in [2.24, 2.45) is 0 Å². The number of hydrogen-bond donors (Lipinski definition) is 0. The molecule has 1 aromatic heterocycles. The molecule has 4 nitrogen and oxygen atoms in total. The molecule has 0 spiro atoms. The van der Waals surface area contributed by atoms with Crippen molar-refractivity contribution >= 4 is 16.8 Å². The Morgan fingerprint density at radius 1 is 1.19 bits per heavy atom. The maximum absolute atomic E-state index is 11.9. The molecule has 0 radical (unpaired) electrons. The highest BCUT2D eigenvalue weighted by atomic mass is 16.5. The average molecular weight is 286 g/mol. The topological polar surface area (TPSA) is 56.5 Å². The minimum Gasteiger partial charge on any atom is -0.482 e. The molecule has 1 fully saturated rings. The zero-order valence-electron chi connectivity index (χ0n) is 12.3. The Hall–Kier alpha value is -2.10. The second kappa shape index (κ2) is 5.35. The Morgan fingerprint density at radius 3 is 2.76 bits per heavy atom. The van der Waals surface area contributed by atoms with Gasteiger partial charge in [-0.15, -0.1) is 0 Å². The monoisotopic (exact) mass is 286 g/mol. The molecule has 3 rings (SSSR count). The van der Waals surface area contributed by atoms with E-state index in [0.717, 1.165) is 35.8 Å². The van der Waals surface area contributed by atoms with Crippen LogP contribution in [0.15, 0.2) is 27.4 Å². The van der Waals surface area contributed by atoms with Gasteiger partial charge in [-0.2, -0.15) is 0 Å². The van der Waals surface area contributed by atoms with Gasteiger partial charge < -0.3 is 9.15 Å². The van der Waals surface area contributed by atoms with E-state index >= 15 is 0 Å². The summed E-state index contributed by atoms with van der Waals surface area (Å²) in [6.07, 6.45) is 2.94. The van der Waals surface area contributed by atoms with Gasteiger partial charge in [0.25, 0.3) is 0 Å². The zero-order chi connectivity index (χ0) is 15.0. The second-order valence-electron chi connectivity index (χ2n) is 5.63. The molecule has 1 heterocycles. The minimum atomic E-state index is -0.369. The number of aryl methyl sites for hydroxylation is 2. The summed E-state index contributed by atoms with van der Waals surface area (Å²) in [6.45, 7) is 3.73. The molecule has 1 atom stereocenters. The van der Waals surface area contributed by atoms with Gasteiger partial charge in [0, 0.05) is 23.4 Å². The lowest BCUT2D eigenvalue weighted by molar-refractivity contribution is -0.127. The van der Waals surface area contributed by atoms with E-state index in [2.05, 4.69) is 0 Å². The molecule has 0 unspecified atom stereocenters. The van der Waals surface area contributed by atoms with Crippen molar-refractivity contribution in [3.63, 3.8) is 0 Å². The molecular weight excluding hydrogens is 268 g/mol. The van der Waals surface area contributed by atoms with E-state index in [1.54, 1.807) is 0 Å². The van der Waals surface area contributed by atoms with E-state index in [1.807, 2.05) is 26.0 Å². The number of hydrogen-bond acceptors (Lipinski definition) is 4. The van der Waals surface area contributed by atoms with E-state index in [-0.39, 0.29) is 17.5 Å². The first kappa shape index (κ1) is 13.9. The third kappa shape index (κ3) is 2.58. The van der Waals surface area contributed by atoms with E-state index in [4.69, 9.17) is 9.15 Å². The number of carbonyl (C=O) groups excluding carboxylic acids is 1. The maximum atomic E-state index is 11.9. The summed E-state index contributed by atoms with van der Waals surface area (Å²) in [5, 5.41) is 0.898. The van der Waals surface area contributed by atoms with Crippen LogP contribution in [0.4, 0.5) is 0 Å². The lowest BCUT2D eigenvalue weighted by atomic mass is 9.96. The predicted molar refractivity (Wildman–Crippen MR) is 79.8 cm³/mol. The Bertz CT molecular complexity index is 757. The fourth-order valence-electron chi connectivity index (χ4n) is 2.86. The Labute approximate surface area is 122 Å². The van der Waals surface area contributed by atoms with Crippen molar-refractivity contribution in [1.29, 1.82) is 0 Å². The molecular formula is C17H18O4. The third-order valence-electron chi connectivity index (χ3n) is 4.09. The fourth-order valence-corrected chi connectivity index (χ4v) is 2.86. The SMILES string of the molecule is Cc1cc(=O)oc2c(C)c(O[C@@H]3CCCCC3=O)ccc12. The first-order chi connectivity index (χ1) is 10.1. The molecule has 110 valence electrons. The van der Waals surface area contributed by atoms with Crippen LogP contribution in [0, 0.1) is 13.8 Å². The molecule has 4 heteroatoms. The van der Waals surface area contributed by atoms with Gasteiger partial charge in [-0.1, -0.05) is 0 Å². The second-order valence-corrected chi connectivity index (χ2v) is 5.63. The number of carbonyl (C=O) groups is 1. The zero-order valence-corrected chi connectivity index (χ0v) is 12.3. The largest absolute Gasteiger partial charge is 0.482 e. The van der Waals surface area contributed by atoms with Crippen LogP contribution in [0.5, 0.6) is 5.75 Å². The number of rotatable bonds is 2. The van der Waals surface area contributed by atoms with Crippen LogP contribution in [0.1, 0.15) is 36.8 Å². The van der Waals surface area contributed by atoms with Crippen LogP contribution < -0.4 is 10.4 Å². The minimum absolute atomic E-state index is 0.159. The quantitative estimate of drug-likeness (QED) is 0.795. The first-order valence-electron chi connectivity index (χ1n) is 7.29. The Kier molecular flexibility index (Phi) is 3.53. The summed E-state index contributed by atoms with van der Waals surface area (Å²) < 4.78 is 11.2. The summed E-state index contributed by atoms with van der Waals surface area (Å²) >= 11 is 0. The summed E-state index contributed by atoms with van der Waals surface area (Å²) in [4.78, 5) is 23.4. The van der Waals surface area contributed by atoms with Crippen molar-refractivity contribution in [3.05, 3.63) is 39.7 Å². The average Bonchev–Trinajstić information content (AvgIpc) is 2.44. The van der Waals surface area contributed by atoms with Crippen molar-refractivity contribution < 1.29 is 13.9 Å². The predicted octanol–water partition coefficient (Wildman–Crippen LogP) is 3.30. The van der Waals surface area contributed by atoms with Crippen molar-refractivity contribution in [1.82, 2.24) is 0 Å². The molecule has 1 aliphatic rings. The van der Waals surface area contributed by atoms with Crippen molar-refractivity contribution in [2.45, 2.75) is 45.6 Å². The highest BCUT2D eigenvalue weighted by molar-refractivity contribution is 5.86. The number of fused-ring (bicyclic) bond motifs is 1. The van der Waals surface area contributed by atoms with E-state index in [0.29, 0.717) is 17.8 Å². The molecule has 0 aliphatic heterocycles. The molecule has 1 aliphatic carbocycles. The van der Waals surface area contributed by atoms with Crippen LogP contribution in [-0.4, -0.2) is 11.9 Å². The van der Waals surface area contributed by atoms with Crippen molar-refractivity contribution in [3.8, 4) is 5.75 Å². The van der Waals surface area contributed by atoms with Gasteiger partial charge in [-0.25, -0.2) is 4.79 Å². The van der Waals surface area contributed by atoms with Crippen LogP contribution in [0.3, 0.4) is 0 Å². The number of Topliss-reactive ketones (excluding diaryl/α,β-unsaturated/α-hetero) is 1. The number of benzene rings is 1. The van der Waals surface area contributed by atoms with Crippen molar-refractivity contribution in [2.75, 3.05) is 0 Å². The van der Waals surface area contributed by atoms with Gasteiger partial charge in [0.1, 0.15) is 11.3 Å². The number of ketones is 1. The smallest absolute Gasteiger partial charge is 0.336 e. The van der Waals surface area contributed by atoms with E-state index in [1.165, 1.54) is 6.07 Å². The lowest BCUT2D eigenvalue weighted by Gasteiger charge is -2.23. The summed E-state index contributed by atoms with van der Waals surface area (Å²) in [5.74, 6) is 0.781. The standard InChI is InChI=1S/C17H18O4/c1-10-9-16(19)21-17-11(2)14(8-7-12(10)17)20-15-6-4-3-5-13(15)18/h7-9,15H,3-6H2,1-2H3/t15-/m1/s1. The lowest BCUT2D eigenvalue weighted by Crippen LogP contribution is -2.30. The van der Waals surface area contributed by atoms with E-state index in [9.17, 15) is 9.59 Å². The van der Waals surface area contributed by atoms with Gasteiger partial charge in [0.2, 0.25) is 0 Å². The molecule has 1 aromatic carbocycles. The van der Waals surface area contributed by atoms with Gasteiger partial charge >= 0.3 is 5.63 Å². The third-order valence-corrected chi connectivity index (χ3v) is 4.09. The van der Waals surface area contributed by atoms with Gasteiger partial charge in [-0.05, 0) is 50.8 Å². The van der Waals surface area contributed by atoms with E-state index < -0.39 is 0 Å². The highest BCUT2D eigenvalue weighted by Crippen LogP contribution is 2.30. The molecule has 1 saturated carbocycles. The molecule has 21 heavy (non-hydrogen) atoms. The molecule has 0 amide bonds. The summed E-state index contributed by atoms with van der Waals surface area (Å²) in [7, 11) is 0. The molecule has 0 bridgehead atoms. The Balaban J connectivity index is 2.02. The fraction of sp³-hybridized carbons (Fsp3) is 0.412. The summed E-state index contributed by atoms with van der Waals surface area (Å²) in [6, 6.07) is 5.21. The molecule has 0 saturated heterocycles. The van der Waals surface area contributed by atoms with Crippen LogP contribution in [0.25, 0.3) is 11.0 Å². The van der Waals surface area contributed by atoms with Crippen LogP contribution in [0.2, 0.25) is 0 Å². The molecule has 2 aromatic rings. The van der Waals surface area contributed by atoms with Crippen LogP contribution >= 0.6 is 0 Å². The van der Waals surface area contributed by atoms with Gasteiger partial charge in [0.15, 0.2) is 11.9 Å². The normalized spacial score (nSPS) is 19.0. The first-order valence-corrected chi connectivity index (χ1v) is 7.29. The van der Waals surface area contributed by atoms with Gasteiger partial charge in [-0.3, -0.25) is 4.79 Å². The summed E-state index contributed by atoms with van der Waals surface area (Å²) in [5.41, 5.74) is 1.83. The van der Waals surface area contributed by atoms with Crippen LogP contribution in [-0.2, 0) is 4.79 Å². The Morgan fingerprint density at radius 2 is 2.00 bits per heavy atom. The van der Waals surface area contributed by atoms with Gasteiger partial charge in [0.05, 0.1) is 0 Å². The maximum Gasteiger partial charge on any atom is 0.336 e. The highest BCUT2D eigenvalue weighted by Gasteiger charge is 2.24. The number of ether oxygens (including phenoxy) is 1.